The highest BCUT2D eigenvalue weighted by molar-refractivity contribution is 7.99. The maximum absolute atomic E-state index is 12.2. The molecule has 0 saturated carbocycles. The Morgan fingerprint density at radius 1 is 1.23 bits per heavy atom. The molecule has 1 heterocycles. The van der Waals surface area contributed by atoms with Crippen LogP contribution in [0.2, 0.25) is 0 Å². The van der Waals surface area contributed by atoms with Gasteiger partial charge in [0.2, 0.25) is 0 Å². The summed E-state index contributed by atoms with van der Waals surface area (Å²) in [6.45, 7) is 8.09. The molecule has 0 aliphatic heterocycles. The minimum atomic E-state index is -0.359. The lowest BCUT2D eigenvalue weighted by molar-refractivity contribution is 0.0520. The number of carbonyl (C=O) groups excluding carboxylic acids is 1. The number of nitrogens with zero attached hydrogens (tertiary/aromatic N) is 2. The minimum Gasteiger partial charge on any atom is -0.462 e. The highest BCUT2D eigenvalue weighted by Gasteiger charge is 2.21. The Bertz CT molecular complexity index is 657. The third kappa shape index (κ3) is 3.85. The first-order valence-corrected chi connectivity index (χ1v) is 8.18. The SMILES string of the molecule is CCOC(=O)c1c(C)nc(-c2ccccc2)nc1SC(C)C. The first-order chi connectivity index (χ1) is 10.5. The second-order valence-electron chi connectivity index (χ2n) is 5.07. The predicted molar refractivity (Wildman–Crippen MR) is 89.2 cm³/mol. The Kier molecular flexibility index (Phi) is 5.55. The van der Waals surface area contributed by atoms with Gasteiger partial charge in [-0.15, -0.1) is 11.8 Å². The van der Waals surface area contributed by atoms with E-state index in [-0.39, 0.29) is 5.97 Å². The molecule has 0 amide bonds. The van der Waals surface area contributed by atoms with Crippen LogP contribution in [0.1, 0.15) is 36.8 Å². The Hall–Kier alpha value is -1.88. The largest absolute Gasteiger partial charge is 0.462 e. The van der Waals surface area contributed by atoms with Crippen molar-refractivity contribution in [2.24, 2.45) is 0 Å². The van der Waals surface area contributed by atoms with Crippen LogP contribution >= 0.6 is 11.8 Å². The van der Waals surface area contributed by atoms with Gasteiger partial charge in [-0.3, -0.25) is 0 Å². The first kappa shape index (κ1) is 16.5. The summed E-state index contributed by atoms with van der Waals surface area (Å²) in [6.07, 6.45) is 0. The maximum Gasteiger partial charge on any atom is 0.342 e. The van der Waals surface area contributed by atoms with Crippen molar-refractivity contribution < 1.29 is 9.53 Å². The Labute approximate surface area is 135 Å². The predicted octanol–water partition coefficient (Wildman–Crippen LogP) is 4.13. The molecule has 0 bridgehead atoms. The monoisotopic (exact) mass is 316 g/mol. The number of thioether (sulfide) groups is 1. The lowest BCUT2D eigenvalue weighted by Gasteiger charge is -2.13. The summed E-state index contributed by atoms with van der Waals surface area (Å²) >= 11 is 1.55. The second-order valence-corrected chi connectivity index (χ2v) is 6.63. The summed E-state index contributed by atoms with van der Waals surface area (Å²) in [6, 6.07) is 9.77. The van der Waals surface area contributed by atoms with E-state index in [4.69, 9.17) is 4.74 Å². The van der Waals surface area contributed by atoms with Crippen LogP contribution in [0.15, 0.2) is 35.4 Å². The summed E-state index contributed by atoms with van der Waals surface area (Å²) in [7, 11) is 0. The Morgan fingerprint density at radius 3 is 2.50 bits per heavy atom. The van der Waals surface area contributed by atoms with E-state index in [0.29, 0.717) is 34.0 Å². The number of aryl methyl sites for hydroxylation is 1. The lowest BCUT2D eigenvalue weighted by Crippen LogP contribution is -2.12. The summed E-state index contributed by atoms with van der Waals surface area (Å²) in [4.78, 5) is 21.3. The van der Waals surface area contributed by atoms with Crippen LogP contribution in [0.5, 0.6) is 0 Å². The van der Waals surface area contributed by atoms with Crippen LogP contribution in [0.3, 0.4) is 0 Å². The number of carbonyl (C=O) groups is 1. The van der Waals surface area contributed by atoms with Gasteiger partial charge in [-0.1, -0.05) is 44.2 Å². The van der Waals surface area contributed by atoms with Crippen LogP contribution < -0.4 is 0 Å². The van der Waals surface area contributed by atoms with E-state index in [2.05, 4.69) is 23.8 Å². The molecule has 2 aromatic rings. The van der Waals surface area contributed by atoms with Gasteiger partial charge < -0.3 is 4.74 Å². The van der Waals surface area contributed by atoms with Gasteiger partial charge >= 0.3 is 5.97 Å². The maximum atomic E-state index is 12.2. The fraction of sp³-hybridized carbons (Fsp3) is 0.353. The molecular weight excluding hydrogens is 296 g/mol. The molecule has 0 atom stereocenters. The quantitative estimate of drug-likeness (QED) is 0.471. The van der Waals surface area contributed by atoms with Crippen molar-refractivity contribution >= 4 is 17.7 Å². The average molecular weight is 316 g/mol. The van der Waals surface area contributed by atoms with E-state index in [1.807, 2.05) is 37.3 Å². The molecule has 4 nitrogen and oxygen atoms in total. The zero-order valence-electron chi connectivity index (χ0n) is 13.3. The fourth-order valence-electron chi connectivity index (χ4n) is 2.01. The van der Waals surface area contributed by atoms with Gasteiger partial charge in [0.1, 0.15) is 10.6 Å². The van der Waals surface area contributed by atoms with E-state index in [9.17, 15) is 4.79 Å². The van der Waals surface area contributed by atoms with Crippen LogP contribution in [0.25, 0.3) is 11.4 Å². The van der Waals surface area contributed by atoms with Gasteiger partial charge in [-0.2, -0.15) is 0 Å². The molecule has 0 saturated heterocycles. The molecular formula is C17H20N2O2S. The first-order valence-electron chi connectivity index (χ1n) is 7.30. The topological polar surface area (TPSA) is 52.1 Å². The number of hydrogen-bond acceptors (Lipinski definition) is 5. The number of esters is 1. The molecule has 0 N–H and O–H groups in total. The molecule has 0 spiro atoms. The molecule has 5 heteroatoms. The number of ether oxygens (including phenoxy) is 1. The van der Waals surface area contributed by atoms with Crippen molar-refractivity contribution in [1.29, 1.82) is 0 Å². The van der Waals surface area contributed by atoms with Crippen molar-refractivity contribution in [1.82, 2.24) is 9.97 Å². The molecule has 1 aromatic heterocycles. The van der Waals surface area contributed by atoms with Gasteiger partial charge in [0, 0.05) is 10.8 Å². The third-order valence-corrected chi connectivity index (χ3v) is 3.91. The van der Waals surface area contributed by atoms with Gasteiger partial charge in [0.05, 0.1) is 12.3 Å². The number of rotatable bonds is 5. The second kappa shape index (κ2) is 7.40. The molecule has 2 rings (SSSR count). The van der Waals surface area contributed by atoms with E-state index in [1.165, 1.54) is 0 Å². The highest BCUT2D eigenvalue weighted by Crippen LogP contribution is 2.29. The van der Waals surface area contributed by atoms with Gasteiger partial charge in [0.15, 0.2) is 5.82 Å². The van der Waals surface area contributed by atoms with E-state index >= 15 is 0 Å². The van der Waals surface area contributed by atoms with Crippen molar-refractivity contribution in [2.45, 2.75) is 38.0 Å². The minimum absolute atomic E-state index is 0.311. The van der Waals surface area contributed by atoms with E-state index < -0.39 is 0 Å². The van der Waals surface area contributed by atoms with Crippen molar-refractivity contribution in [3.8, 4) is 11.4 Å². The summed E-state index contributed by atoms with van der Waals surface area (Å²) < 4.78 is 5.14. The van der Waals surface area contributed by atoms with Crippen molar-refractivity contribution in [3.05, 3.63) is 41.6 Å². The normalized spacial score (nSPS) is 10.8. The van der Waals surface area contributed by atoms with Gasteiger partial charge in [-0.25, -0.2) is 14.8 Å². The number of hydrogen-bond donors (Lipinski definition) is 0. The zero-order valence-corrected chi connectivity index (χ0v) is 14.1. The molecule has 116 valence electrons. The lowest BCUT2D eigenvalue weighted by atomic mass is 10.2. The van der Waals surface area contributed by atoms with E-state index in [0.717, 1.165) is 5.56 Å². The van der Waals surface area contributed by atoms with Crippen molar-refractivity contribution in [3.63, 3.8) is 0 Å². The smallest absolute Gasteiger partial charge is 0.342 e. The molecule has 0 aliphatic rings. The van der Waals surface area contributed by atoms with Crippen LogP contribution in [-0.4, -0.2) is 27.8 Å². The van der Waals surface area contributed by atoms with Crippen LogP contribution in [0, 0.1) is 6.92 Å². The summed E-state index contributed by atoms with van der Waals surface area (Å²) in [5.74, 6) is 0.275. The molecule has 22 heavy (non-hydrogen) atoms. The average Bonchev–Trinajstić information content (AvgIpc) is 2.47. The van der Waals surface area contributed by atoms with Gasteiger partial charge in [0.25, 0.3) is 0 Å². The van der Waals surface area contributed by atoms with Gasteiger partial charge in [-0.05, 0) is 13.8 Å². The summed E-state index contributed by atoms with van der Waals surface area (Å²) in [5, 5.41) is 0.992. The van der Waals surface area contributed by atoms with Crippen molar-refractivity contribution in [2.75, 3.05) is 6.61 Å². The molecule has 0 aliphatic carbocycles. The third-order valence-electron chi connectivity index (χ3n) is 2.92. The number of benzene rings is 1. The number of aromatic nitrogens is 2. The molecule has 0 fully saturated rings. The Morgan fingerprint density at radius 2 is 1.91 bits per heavy atom. The molecule has 1 aromatic carbocycles. The Balaban J connectivity index is 2.53. The fourth-order valence-corrected chi connectivity index (χ4v) is 2.94. The highest BCUT2D eigenvalue weighted by atomic mass is 32.2. The zero-order chi connectivity index (χ0) is 16.1. The van der Waals surface area contributed by atoms with Crippen LogP contribution in [-0.2, 0) is 4.74 Å². The van der Waals surface area contributed by atoms with Crippen LogP contribution in [0.4, 0.5) is 0 Å². The molecule has 0 radical (unpaired) electrons. The molecule has 0 unspecified atom stereocenters. The van der Waals surface area contributed by atoms with E-state index in [1.54, 1.807) is 18.7 Å². The standard InChI is InChI=1S/C17H20N2O2S/c1-5-21-17(20)14-12(4)18-15(13-9-7-6-8-10-13)19-16(14)22-11(2)3/h6-11H,5H2,1-4H3. The summed E-state index contributed by atoms with van der Waals surface area (Å²) in [5.41, 5.74) is 2.06.